The van der Waals surface area contributed by atoms with E-state index in [-0.39, 0.29) is 18.7 Å². The second-order valence-electron chi connectivity index (χ2n) is 4.44. The van der Waals surface area contributed by atoms with Crippen LogP contribution >= 0.6 is 0 Å². The lowest BCUT2D eigenvalue weighted by atomic mass is 10.1. The number of aliphatic carboxylic acids is 1. The number of nitrogens with two attached hydrogens (primary N) is 2. The normalized spacial score (nSPS) is 13.1. The Balaban J connectivity index is 5.02. The summed E-state index contributed by atoms with van der Waals surface area (Å²) in [5.74, 6) is -1.58. The highest BCUT2D eigenvalue weighted by Crippen LogP contribution is 2.13. The van der Waals surface area contributed by atoms with Crippen LogP contribution in [-0.2, 0) is 9.59 Å². The molecule has 6 N–H and O–H groups in total. The lowest BCUT2D eigenvalue weighted by Crippen LogP contribution is -2.48. The molecule has 0 aliphatic rings. The zero-order chi connectivity index (χ0) is 15.5. The van der Waals surface area contributed by atoms with Crippen LogP contribution < -0.4 is 11.5 Å². The fourth-order valence-corrected chi connectivity index (χ4v) is 1.85. The molecule has 0 aromatic rings. The molecule has 0 rings (SSSR count). The molecule has 0 aromatic heterocycles. The van der Waals surface area contributed by atoms with Gasteiger partial charge < -0.3 is 21.8 Å². The van der Waals surface area contributed by atoms with Crippen LogP contribution in [0.4, 0.5) is 0 Å². The van der Waals surface area contributed by atoms with Gasteiger partial charge in [-0.15, -0.1) is 0 Å². The maximum atomic E-state index is 12.1. The van der Waals surface area contributed by atoms with Gasteiger partial charge in [-0.3, -0.25) is 9.69 Å². The van der Waals surface area contributed by atoms with Gasteiger partial charge in [0, 0.05) is 6.42 Å². The standard InChI is InChI=1S/C12H24N4O4/c1-9(15-20)16(11(17)6-4-8-14)10(12(18)19)5-2-3-7-13/h10,20H,2-8,13-14H2,1H3,(H,18,19)/b15-9+/t10-/m0/s1. The van der Waals surface area contributed by atoms with E-state index < -0.39 is 17.9 Å². The lowest BCUT2D eigenvalue weighted by Gasteiger charge is -2.28. The van der Waals surface area contributed by atoms with Crippen LogP contribution in [0.15, 0.2) is 5.16 Å². The van der Waals surface area contributed by atoms with E-state index in [2.05, 4.69) is 5.16 Å². The molecule has 0 heterocycles. The predicted molar refractivity (Wildman–Crippen MR) is 74.4 cm³/mol. The van der Waals surface area contributed by atoms with E-state index >= 15 is 0 Å². The summed E-state index contributed by atoms with van der Waals surface area (Å²) in [6.07, 6.45) is 2.07. The maximum Gasteiger partial charge on any atom is 0.326 e. The summed E-state index contributed by atoms with van der Waals surface area (Å²) < 4.78 is 0. The van der Waals surface area contributed by atoms with Crippen LogP contribution in [0.5, 0.6) is 0 Å². The van der Waals surface area contributed by atoms with Gasteiger partial charge >= 0.3 is 5.97 Å². The molecule has 0 radical (unpaired) electrons. The lowest BCUT2D eigenvalue weighted by molar-refractivity contribution is -0.147. The predicted octanol–water partition coefficient (Wildman–Crippen LogP) is -0.0563. The van der Waals surface area contributed by atoms with E-state index in [4.69, 9.17) is 16.7 Å². The number of amides is 1. The third kappa shape index (κ3) is 5.98. The molecule has 116 valence electrons. The Bertz CT molecular complexity index is 346. The number of unbranched alkanes of at least 4 members (excludes halogenated alkanes) is 1. The molecule has 0 saturated carbocycles. The van der Waals surface area contributed by atoms with Crippen molar-refractivity contribution in [2.24, 2.45) is 16.6 Å². The SMILES string of the molecule is C/C(=N\O)N(C(=O)CCCN)[C@@H](CCCCN)C(=O)O. The number of rotatable bonds is 9. The average molecular weight is 288 g/mol. The van der Waals surface area contributed by atoms with Crippen LogP contribution in [0.2, 0.25) is 0 Å². The molecule has 0 fully saturated rings. The van der Waals surface area contributed by atoms with Gasteiger partial charge in [0.15, 0.2) is 0 Å². The van der Waals surface area contributed by atoms with E-state index in [9.17, 15) is 14.7 Å². The van der Waals surface area contributed by atoms with E-state index in [0.29, 0.717) is 32.4 Å². The van der Waals surface area contributed by atoms with Crippen LogP contribution in [0.1, 0.15) is 39.0 Å². The highest BCUT2D eigenvalue weighted by Gasteiger charge is 2.31. The second-order valence-corrected chi connectivity index (χ2v) is 4.44. The number of hydrogen-bond donors (Lipinski definition) is 4. The summed E-state index contributed by atoms with van der Waals surface area (Å²) in [4.78, 5) is 24.4. The molecule has 0 spiro atoms. The molecule has 1 atom stereocenters. The van der Waals surface area contributed by atoms with Crippen LogP contribution in [-0.4, -0.2) is 52.1 Å². The van der Waals surface area contributed by atoms with Gasteiger partial charge in [0.1, 0.15) is 11.9 Å². The second kappa shape index (κ2) is 10.2. The van der Waals surface area contributed by atoms with Crippen LogP contribution in [0.3, 0.4) is 0 Å². The Hall–Kier alpha value is -1.67. The Morgan fingerprint density at radius 3 is 2.25 bits per heavy atom. The first-order chi connectivity index (χ1) is 9.49. The summed E-state index contributed by atoms with van der Waals surface area (Å²) in [6, 6.07) is -1.05. The summed E-state index contributed by atoms with van der Waals surface area (Å²) in [5.41, 5.74) is 10.7. The highest BCUT2D eigenvalue weighted by molar-refractivity contribution is 6.00. The zero-order valence-electron chi connectivity index (χ0n) is 11.8. The molecule has 0 bridgehead atoms. The number of carboxylic acid groups (broad SMARTS) is 1. The number of carbonyl (C=O) groups is 2. The zero-order valence-corrected chi connectivity index (χ0v) is 11.8. The van der Waals surface area contributed by atoms with E-state index in [1.54, 1.807) is 0 Å². The summed E-state index contributed by atoms with van der Waals surface area (Å²) in [6.45, 7) is 2.18. The third-order valence-corrected chi connectivity index (χ3v) is 2.89. The molecule has 1 amide bonds. The Morgan fingerprint density at radius 1 is 1.20 bits per heavy atom. The monoisotopic (exact) mass is 288 g/mol. The molecule has 0 saturated heterocycles. The van der Waals surface area contributed by atoms with E-state index in [1.165, 1.54) is 6.92 Å². The van der Waals surface area contributed by atoms with Gasteiger partial charge in [-0.2, -0.15) is 0 Å². The highest BCUT2D eigenvalue weighted by atomic mass is 16.4. The third-order valence-electron chi connectivity index (χ3n) is 2.89. The molecular weight excluding hydrogens is 264 g/mol. The Kier molecular flexibility index (Phi) is 9.31. The quantitative estimate of drug-likeness (QED) is 0.154. The van der Waals surface area contributed by atoms with Crippen molar-refractivity contribution in [3.8, 4) is 0 Å². The van der Waals surface area contributed by atoms with E-state index in [1.807, 2.05) is 0 Å². The van der Waals surface area contributed by atoms with Crippen molar-refractivity contribution >= 4 is 17.7 Å². The van der Waals surface area contributed by atoms with Gasteiger partial charge in [-0.05, 0) is 45.7 Å². The number of nitrogens with zero attached hydrogens (tertiary/aromatic N) is 2. The molecule has 0 unspecified atom stereocenters. The molecule has 8 heteroatoms. The topological polar surface area (TPSA) is 142 Å². The van der Waals surface area contributed by atoms with Crippen molar-refractivity contribution in [1.82, 2.24) is 4.90 Å². The average Bonchev–Trinajstić information content (AvgIpc) is 2.43. The van der Waals surface area contributed by atoms with Crippen molar-refractivity contribution in [3.05, 3.63) is 0 Å². The first-order valence-electron chi connectivity index (χ1n) is 6.63. The number of carboxylic acids is 1. The van der Waals surface area contributed by atoms with Crippen molar-refractivity contribution in [1.29, 1.82) is 0 Å². The van der Waals surface area contributed by atoms with Gasteiger partial charge in [0.05, 0.1) is 0 Å². The van der Waals surface area contributed by atoms with Crippen molar-refractivity contribution in [3.63, 3.8) is 0 Å². The van der Waals surface area contributed by atoms with Crippen molar-refractivity contribution in [2.75, 3.05) is 13.1 Å². The number of hydrogen-bond acceptors (Lipinski definition) is 6. The first-order valence-corrected chi connectivity index (χ1v) is 6.63. The van der Waals surface area contributed by atoms with Crippen LogP contribution in [0.25, 0.3) is 0 Å². The molecule has 0 aliphatic carbocycles. The van der Waals surface area contributed by atoms with Gasteiger partial charge in [0.25, 0.3) is 0 Å². The molecule has 0 aliphatic heterocycles. The smallest absolute Gasteiger partial charge is 0.326 e. The Morgan fingerprint density at radius 2 is 1.80 bits per heavy atom. The number of oxime groups is 1. The fourth-order valence-electron chi connectivity index (χ4n) is 1.85. The maximum absolute atomic E-state index is 12.1. The summed E-state index contributed by atoms with van der Waals surface area (Å²) >= 11 is 0. The molecule has 8 nitrogen and oxygen atoms in total. The molecule has 0 aromatic carbocycles. The van der Waals surface area contributed by atoms with Crippen LogP contribution in [0, 0.1) is 0 Å². The molecular formula is C12H24N4O4. The molecule has 20 heavy (non-hydrogen) atoms. The van der Waals surface area contributed by atoms with Crippen molar-refractivity contribution in [2.45, 2.75) is 45.1 Å². The van der Waals surface area contributed by atoms with Gasteiger partial charge in [-0.1, -0.05) is 5.16 Å². The van der Waals surface area contributed by atoms with Crippen molar-refractivity contribution < 1.29 is 19.9 Å². The van der Waals surface area contributed by atoms with Gasteiger partial charge in [-0.25, -0.2) is 4.79 Å². The minimum absolute atomic E-state index is 0.0350. The largest absolute Gasteiger partial charge is 0.480 e. The number of amidine groups is 1. The fraction of sp³-hybridized carbons (Fsp3) is 0.750. The number of carbonyl (C=O) groups excluding carboxylic acids is 1. The minimum atomic E-state index is -1.13. The Labute approximate surface area is 118 Å². The summed E-state index contributed by atoms with van der Waals surface area (Å²) in [5, 5.41) is 21.1. The summed E-state index contributed by atoms with van der Waals surface area (Å²) in [7, 11) is 0. The van der Waals surface area contributed by atoms with Gasteiger partial charge in [0.2, 0.25) is 5.91 Å². The minimum Gasteiger partial charge on any atom is -0.480 e. The first kappa shape index (κ1) is 18.3. The van der Waals surface area contributed by atoms with E-state index in [0.717, 1.165) is 4.90 Å².